The normalized spacial score (nSPS) is 12.1. The molecule has 0 unspecified atom stereocenters. The second-order valence-corrected chi connectivity index (χ2v) is 7.41. The molecule has 0 amide bonds. The zero-order chi connectivity index (χ0) is 19.6. The molecule has 3 aromatic carbocycles. The van der Waals surface area contributed by atoms with Gasteiger partial charge in [0.15, 0.2) is 0 Å². The summed E-state index contributed by atoms with van der Waals surface area (Å²) in [6.07, 6.45) is 0. The molecule has 0 aliphatic heterocycles. The molecule has 3 rings (SSSR count). The molecule has 0 atom stereocenters. The Bertz CT molecular complexity index is 1170. The maximum Gasteiger partial charge on any atom is 0.295 e. The van der Waals surface area contributed by atoms with Crippen LogP contribution in [0, 0.1) is 10.1 Å². The molecule has 0 spiro atoms. The summed E-state index contributed by atoms with van der Waals surface area (Å²) in [5, 5.41) is 22.6. The number of hydrazone groups is 1. The van der Waals surface area contributed by atoms with E-state index in [1.807, 2.05) is 42.5 Å². The maximum absolute atomic E-state index is 11.4. The van der Waals surface area contributed by atoms with Crippen LogP contribution < -0.4 is 10.6 Å². The van der Waals surface area contributed by atoms with Crippen LogP contribution in [0.25, 0.3) is 10.8 Å². The van der Waals surface area contributed by atoms with E-state index in [9.17, 15) is 18.5 Å². The minimum absolute atomic E-state index is 0.0625. The van der Waals surface area contributed by atoms with Crippen LogP contribution in [-0.4, -0.2) is 19.1 Å². The Morgan fingerprint density at radius 1 is 1.07 bits per heavy atom. The highest BCUT2D eigenvalue weighted by atomic mass is 32.2. The lowest BCUT2D eigenvalue weighted by molar-refractivity contribution is -0.384. The van der Waals surface area contributed by atoms with Crippen LogP contribution in [0.3, 0.4) is 0 Å². The Balaban J connectivity index is 1.92. The van der Waals surface area contributed by atoms with Gasteiger partial charge in [-0.25, -0.2) is 13.6 Å². The van der Waals surface area contributed by atoms with Gasteiger partial charge in [0.1, 0.15) is 5.69 Å². The number of hydrogen-bond acceptors (Lipinski definition) is 6. The van der Waals surface area contributed by atoms with Crippen molar-refractivity contribution in [3.63, 3.8) is 0 Å². The predicted octanol–water partition coefficient (Wildman–Crippen LogP) is 3.23. The molecule has 9 heteroatoms. The van der Waals surface area contributed by atoms with Gasteiger partial charge >= 0.3 is 0 Å². The summed E-state index contributed by atoms with van der Waals surface area (Å²) in [6.45, 7) is 1.77. The van der Waals surface area contributed by atoms with E-state index in [2.05, 4.69) is 10.5 Å². The van der Waals surface area contributed by atoms with E-state index < -0.39 is 20.6 Å². The number of rotatable bonds is 5. The number of nitrogens with one attached hydrogen (secondary N) is 1. The summed E-state index contributed by atoms with van der Waals surface area (Å²) in [7, 11) is -4.04. The van der Waals surface area contributed by atoms with Crippen molar-refractivity contribution in [2.45, 2.75) is 11.8 Å². The third-order valence-electron chi connectivity index (χ3n) is 4.01. The maximum atomic E-state index is 11.4. The fraction of sp³-hybridized carbons (Fsp3) is 0.0556. The van der Waals surface area contributed by atoms with Gasteiger partial charge in [0.2, 0.25) is 10.0 Å². The van der Waals surface area contributed by atoms with Crippen LogP contribution in [0.5, 0.6) is 0 Å². The van der Waals surface area contributed by atoms with Crippen molar-refractivity contribution in [1.29, 1.82) is 0 Å². The molecular formula is C18H16N4O4S. The molecule has 0 saturated carbocycles. The first-order chi connectivity index (χ1) is 12.8. The standard InChI is InChI=1S/C18H16N4O4S/c1-12(14-7-6-13-4-2-3-5-15(13)10-14)20-21-17-9-8-16(27(19,25)26)11-18(17)22(23)24/h2-11,21H,1H3,(H2,19,25,26)/b20-12+. The molecule has 0 bridgehead atoms. The fourth-order valence-corrected chi connectivity index (χ4v) is 3.09. The van der Waals surface area contributed by atoms with Crippen LogP contribution >= 0.6 is 0 Å². The summed E-state index contributed by atoms with van der Waals surface area (Å²) in [4.78, 5) is 10.2. The van der Waals surface area contributed by atoms with Gasteiger partial charge < -0.3 is 0 Å². The lowest BCUT2D eigenvalue weighted by Crippen LogP contribution is -2.12. The van der Waals surface area contributed by atoms with Crippen LogP contribution in [0.15, 0.2) is 70.7 Å². The van der Waals surface area contributed by atoms with Crippen molar-refractivity contribution in [2.24, 2.45) is 10.2 Å². The first-order valence-corrected chi connectivity index (χ1v) is 9.41. The molecule has 0 aliphatic rings. The van der Waals surface area contributed by atoms with Crippen molar-refractivity contribution in [2.75, 3.05) is 5.43 Å². The summed E-state index contributed by atoms with van der Waals surface area (Å²) < 4.78 is 22.8. The Labute approximate surface area is 155 Å². The number of anilines is 1. The highest BCUT2D eigenvalue weighted by molar-refractivity contribution is 7.89. The number of fused-ring (bicyclic) bond motifs is 1. The van der Waals surface area contributed by atoms with E-state index in [-0.39, 0.29) is 10.6 Å². The van der Waals surface area contributed by atoms with Gasteiger partial charge in [-0.05, 0) is 41.5 Å². The van der Waals surface area contributed by atoms with Gasteiger partial charge in [-0.15, -0.1) is 0 Å². The molecule has 27 heavy (non-hydrogen) atoms. The molecular weight excluding hydrogens is 368 g/mol. The Morgan fingerprint density at radius 2 is 1.78 bits per heavy atom. The van der Waals surface area contributed by atoms with E-state index in [1.165, 1.54) is 12.1 Å². The molecule has 0 aromatic heterocycles. The quantitative estimate of drug-likeness (QED) is 0.396. The fourth-order valence-electron chi connectivity index (χ4n) is 2.56. The molecule has 0 fully saturated rings. The van der Waals surface area contributed by atoms with Gasteiger partial charge in [0.25, 0.3) is 5.69 Å². The first-order valence-electron chi connectivity index (χ1n) is 7.86. The monoisotopic (exact) mass is 384 g/mol. The number of nitrogens with two attached hydrogens (primary N) is 1. The number of benzene rings is 3. The zero-order valence-electron chi connectivity index (χ0n) is 14.3. The van der Waals surface area contributed by atoms with Crippen LogP contribution in [0.4, 0.5) is 11.4 Å². The number of nitro groups is 1. The van der Waals surface area contributed by atoms with Crippen molar-refractivity contribution in [1.82, 2.24) is 0 Å². The van der Waals surface area contributed by atoms with Gasteiger partial charge in [-0.1, -0.05) is 36.4 Å². The third kappa shape index (κ3) is 4.10. The van der Waals surface area contributed by atoms with Crippen LogP contribution in [0.1, 0.15) is 12.5 Å². The second-order valence-electron chi connectivity index (χ2n) is 5.85. The lowest BCUT2D eigenvalue weighted by atomic mass is 10.0. The summed E-state index contributed by atoms with van der Waals surface area (Å²) >= 11 is 0. The van der Waals surface area contributed by atoms with Gasteiger partial charge in [-0.3, -0.25) is 15.5 Å². The molecule has 0 heterocycles. The van der Waals surface area contributed by atoms with Gasteiger partial charge in [0.05, 0.1) is 15.5 Å². The van der Waals surface area contributed by atoms with Crippen LogP contribution in [0.2, 0.25) is 0 Å². The number of nitrogens with zero attached hydrogens (tertiary/aromatic N) is 2. The van der Waals surface area contributed by atoms with Crippen molar-refractivity contribution < 1.29 is 13.3 Å². The molecule has 3 aromatic rings. The minimum Gasteiger partial charge on any atom is -0.271 e. The highest BCUT2D eigenvalue weighted by Gasteiger charge is 2.19. The predicted molar refractivity (Wildman–Crippen MR) is 104 cm³/mol. The number of sulfonamides is 1. The highest BCUT2D eigenvalue weighted by Crippen LogP contribution is 2.27. The Hall–Kier alpha value is -3.30. The molecule has 138 valence electrons. The first kappa shape index (κ1) is 18.5. The van der Waals surface area contributed by atoms with E-state index in [0.29, 0.717) is 5.71 Å². The average Bonchev–Trinajstić information content (AvgIpc) is 2.64. The summed E-state index contributed by atoms with van der Waals surface area (Å²) in [5.41, 5.74) is 3.73. The topological polar surface area (TPSA) is 128 Å². The van der Waals surface area contributed by atoms with Crippen LogP contribution in [-0.2, 0) is 10.0 Å². The lowest BCUT2D eigenvalue weighted by Gasteiger charge is -2.07. The Kier molecular flexibility index (Phi) is 4.89. The minimum atomic E-state index is -4.04. The van der Waals surface area contributed by atoms with E-state index in [1.54, 1.807) is 6.92 Å². The van der Waals surface area contributed by atoms with E-state index >= 15 is 0 Å². The Morgan fingerprint density at radius 3 is 2.44 bits per heavy atom. The smallest absolute Gasteiger partial charge is 0.271 e. The zero-order valence-corrected chi connectivity index (χ0v) is 15.1. The number of primary sulfonamides is 1. The largest absolute Gasteiger partial charge is 0.295 e. The van der Waals surface area contributed by atoms with Gasteiger partial charge in [-0.2, -0.15) is 5.10 Å². The van der Waals surface area contributed by atoms with Gasteiger partial charge in [0, 0.05) is 6.07 Å². The molecule has 0 radical (unpaired) electrons. The molecule has 8 nitrogen and oxygen atoms in total. The van der Waals surface area contributed by atoms with Crippen molar-refractivity contribution in [3.8, 4) is 0 Å². The second kappa shape index (κ2) is 7.14. The molecule has 0 aliphatic carbocycles. The SMILES string of the molecule is C/C(=N\Nc1ccc(S(N)(=O)=O)cc1[N+](=O)[O-])c1ccc2ccccc2c1. The van der Waals surface area contributed by atoms with E-state index in [0.717, 1.165) is 22.4 Å². The third-order valence-corrected chi connectivity index (χ3v) is 4.92. The molecule has 3 N–H and O–H groups in total. The summed E-state index contributed by atoms with van der Waals surface area (Å²) in [6, 6.07) is 17.1. The number of hydrogen-bond donors (Lipinski definition) is 2. The summed E-state index contributed by atoms with van der Waals surface area (Å²) in [5.74, 6) is 0. The van der Waals surface area contributed by atoms with Crippen molar-refractivity contribution >= 4 is 37.9 Å². The van der Waals surface area contributed by atoms with E-state index in [4.69, 9.17) is 5.14 Å². The average molecular weight is 384 g/mol. The number of nitro benzene ring substituents is 1. The molecule has 0 saturated heterocycles. The van der Waals surface area contributed by atoms with Crippen molar-refractivity contribution in [3.05, 3.63) is 76.3 Å².